The maximum atomic E-state index is 12.2. The van der Waals surface area contributed by atoms with E-state index in [1.807, 2.05) is 71.9 Å². The summed E-state index contributed by atoms with van der Waals surface area (Å²) in [7, 11) is 0. The number of hydrogen-bond acceptors (Lipinski definition) is 6. The topological polar surface area (TPSA) is 89.4 Å². The number of ketones is 1. The summed E-state index contributed by atoms with van der Waals surface area (Å²) in [4.78, 5) is 21.5. The number of allylic oxidation sites excluding steroid dienone is 2. The van der Waals surface area contributed by atoms with Gasteiger partial charge in [-0.2, -0.15) is 0 Å². The first-order valence-electron chi connectivity index (χ1n) is 17.4. The molecule has 4 aromatic heterocycles. The molecule has 1 radical (unpaired) electrons. The molecule has 2 aromatic carbocycles. The van der Waals surface area contributed by atoms with Crippen LogP contribution < -0.4 is 0 Å². The quantitative estimate of drug-likeness (QED) is 0.0885. The van der Waals surface area contributed by atoms with E-state index in [0.29, 0.717) is 11.5 Å². The van der Waals surface area contributed by atoms with Gasteiger partial charge in [0.2, 0.25) is 5.71 Å². The van der Waals surface area contributed by atoms with Gasteiger partial charge in [-0.05, 0) is 61.4 Å². The Labute approximate surface area is 309 Å². The molecule has 0 aliphatic heterocycles. The number of carbonyl (C=O) groups is 1. The van der Waals surface area contributed by atoms with Crippen LogP contribution in [0.5, 0.6) is 0 Å². The van der Waals surface area contributed by atoms with Gasteiger partial charge in [0.1, 0.15) is 17.0 Å². The van der Waals surface area contributed by atoms with E-state index in [1.54, 1.807) is 12.5 Å². The van der Waals surface area contributed by atoms with E-state index >= 15 is 0 Å². The molecule has 0 aliphatic carbocycles. The molecule has 0 aliphatic rings. The van der Waals surface area contributed by atoms with E-state index in [1.165, 1.54) is 17.0 Å². The molecule has 7 heteroatoms. The molecule has 0 saturated carbocycles. The maximum Gasteiger partial charge on any atom is 0.226 e. The first kappa shape index (κ1) is 38.7. The Bertz CT molecular complexity index is 2120. The zero-order chi connectivity index (χ0) is 35.6. The van der Waals surface area contributed by atoms with Crippen molar-refractivity contribution < 1.29 is 38.8 Å². The number of benzene rings is 2. The van der Waals surface area contributed by atoms with E-state index < -0.39 is 0 Å². The van der Waals surface area contributed by atoms with Crippen molar-refractivity contribution in [1.29, 1.82) is 0 Å². The molecule has 0 unspecified atom stereocenters. The second-order valence-electron chi connectivity index (χ2n) is 14.5. The van der Waals surface area contributed by atoms with Crippen LogP contribution in [-0.2, 0) is 30.3 Å². The molecule has 0 atom stereocenters. The van der Waals surface area contributed by atoms with Gasteiger partial charge in [0, 0.05) is 59.7 Å². The molecular weight excluding hydrogens is 801 g/mol. The largest absolute Gasteiger partial charge is 0.512 e. The van der Waals surface area contributed by atoms with E-state index in [2.05, 4.69) is 62.2 Å². The summed E-state index contributed by atoms with van der Waals surface area (Å²) in [5, 5.41) is 14.3. The van der Waals surface area contributed by atoms with Gasteiger partial charge >= 0.3 is 0 Å². The van der Waals surface area contributed by atoms with E-state index in [9.17, 15) is 9.90 Å². The summed E-state index contributed by atoms with van der Waals surface area (Å²) in [5.74, 6) is 0.970. The second kappa shape index (κ2) is 15.4. The number of rotatable bonds is 9. The van der Waals surface area contributed by atoms with Crippen LogP contribution in [-0.4, -0.2) is 20.9 Å². The standard InChI is InChI=1S/C28H21N2O2.C15H28O2.Ir/c1-28(2,3)22-15-19(14-18-6-4-5-7-20(18)22)26-21-16-25(32-24(21)10-12-29-26)23-9-8-17-11-13-31-27(17)30-23;1-7-14(5,8-2)12(16)11-13(17)15(6,9-3)10-4;/h4-13,15-16H,1-3H3;11,16H,7-10H2,1-6H3;/q-1;;/b;12-11-;. The van der Waals surface area contributed by atoms with Crippen molar-refractivity contribution in [2.45, 2.75) is 93.4 Å². The van der Waals surface area contributed by atoms with Gasteiger partial charge in [0.25, 0.3) is 0 Å². The van der Waals surface area contributed by atoms with Crippen LogP contribution in [0.1, 0.15) is 93.6 Å². The number of pyridine rings is 2. The summed E-state index contributed by atoms with van der Waals surface area (Å²) >= 11 is 0. The third-order valence-electron chi connectivity index (χ3n) is 10.5. The molecule has 1 N–H and O–H groups in total. The number of fused-ring (bicyclic) bond motifs is 3. The SMILES string of the molecule is CC(C)(C)c1cc(-c2nccc3oc(-c4ccc5ccoc5n4)cc23)[c-]c2ccccc12.CCC(C)(CC)C(=O)/C=C(\O)C(C)(CC)CC.[Ir]. The minimum Gasteiger partial charge on any atom is -0.512 e. The van der Waals surface area contributed by atoms with Crippen molar-refractivity contribution in [2.24, 2.45) is 10.8 Å². The molecule has 0 fully saturated rings. The van der Waals surface area contributed by atoms with Crippen molar-refractivity contribution in [1.82, 2.24) is 9.97 Å². The van der Waals surface area contributed by atoms with Crippen LogP contribution >= 0.6 is 0 Å². The first-order chi connectivity index (χ1) is 23.3. The average molecular weight is 850 g/mol. The third-order valence-corrected chi connectivity index (χ3v) is 10.5. The Balaban J connectivity index is 0.000000269. The van der Waals surface area contributed by atoms with Crippen LogP contribution in [0.2, 0.25) is 0 Å². The molecular formula is C43H49IrN2O4-. The zero-order valence-corrected chi connectivity index (χ0v) is 33.1. The average Bonchev–Trinajstić information content (AvgIpc) is 3.77. The van der Waals surface area contributed by atoms with Crippen molar-refractivity contribution in [3.63, 3.8) is 0 Å². The van der Waals surface area contributed by atoms with Gasteiger partial charge in [0.05, 0.1) is 6.26 Å². The van der Waals surface area contributed by atoms with Crippen LogP contribution in [0.4, 0.5) is 0 Å². The van der Waals surface area contributed by atoms with Gasteiger partial charge in [-0.25, -0.2) is 4.98 Å². The molecule has 6 nitrogen and oxygen atoms in total. The summed E-state index contributed by atoms with van der Waals surface area (Å²) in [6.07, 6.45) is 8.18. The Morgan fingerprint density at radius 3 is 2.20 bits per heavy atom. The monoisotopic (exact) mass is 850 g/mol. The fraction of sp³-hybridized carbons (Fsp3) is 0.372. The van der Waals surface area contributed by atoms with Gasteiger partial charge in [-0.1, -0.05) is 91.5 Å². The van der Waals surface area contributed by atoms with Crippen LogP contribution in [0.15, 0.2) is 93.8 Å². The Morgan fingerprint density at radius 2 is 1.54 bits per heavy atom. The summed E-state index contributed by atoms with van der Waals surface area (Å²) in [5.41, 5.74) is 4.57. The fourth-order valence-corrected chi connectivity index (χ4v) is 5.95. The van der Waals surface area contributed by atoms with E-state index in [-0.39, 0.29) is 47.9 Å². The number of furan rings is 2. The number of aliphatic hydroxyl groups is 1. The van der Waals surface area contributed by atoms with Crippen molar-refractivity contribution in [3.8, 4) is 22.7 Å². The number of aromatic nitrogens is 2. The van der Waals surface area contributed by atoms with E-state index in [0.717, 1.165) is 64.4 Å². The Morgan fingerprint density at radius 1 is 0.860 bits per heavy atom. The molecule has 0 spiro atoms. The molecule has 6 aromatic rings. The summed E-state index contributed by atoms with van der Waals surface area (Å²) in [6, 6.07) is 23.9. The van der Waals surface area contributed by atoms with Crippen LogP contribution in [0.25, 0.3) is 55.6 Å². The van der Waals surface area contributed by atoms with Gasteiger partial charge < -0.3 is 13.9 Å². The normalized spacial score (nSPS) is 12.5. The summed E-state index contributed by atoms with van der Waals surface area (Å²) in [6.45, 7) is 18.8. The molecule has 50 heavy (non-hydrogen) atoms. The molecule has 0 amide bonds. The number of carbonyl (C=O) groups excluding carboxylic acids is 1. The molecule has 6 rings (SSSR count). The third kappa shape index (κ3) is 7.80. The zero-order valence-electron chi connectivity index (χ0n) is 30.7. The minimum atomic E-state index is -0.337. The maximum absolute atomic E-state index is 12.2. The molecule has 4 heterocycles. The Hall–Kier alpha value is -4.06. The predicted molar refractivity (Wildman–Crippen MR) is 201 cm³/mol. The van der Waals surface area contributed by atoms with Crippen molar-refractivity contribution in [3.05, 3.63) is 96.6 Å². The first-order valence-corrected chi connectivity index (χ1v) is 17.4. The van der Waals surface area contributed by atoms with Gasteiger partial charge in [-0.3, -0.25) is 9.78 Å². The fourth-order valence-electron chi connectivity index (χ4n) is 5.95. The van der Waals surface area contributed by atoms with Crippen LogP contribution in [0, 0.1) is 16.9 Å². The molecule has 265 valence electrons. The number of aliphatic hydroxyl groups excluding tert-OH is 1. The van der Waals surface area contributed by atoms with Crippen molar-refractivity contribution in [2.75, 3.05) is 0 Å². The Kier molecular flexibility index (Phi) is 12.0. The van der Waals surface area contributed by atoms with Crippen molar-refractivity contribution >= 4 is 38.6 Å². The minimum absolute atomic E-state index is 0. The number of hydrogen-bond donors (Lipinski definition) is 1. The predicted octanol–water partition coefficient (Wildman–Crippen LogP) is 12.2. The van der Waals surface area contributed by atoms with Gasteiger partial charge in [0.15, 0.2) is 11.5 Å². The molecule has 0 saturated heterocycles. The second-order valence-corrected chi connectivity index (χ2v) is 14.5. The summed E-state index contributed by atoms with van der Waals surface area (Å²) < 4.78 is 11.6. The number of nitrogens with zero attached hydrogens (tertiary/aromatic N) is 2. The van der Waals surface area contributed by atoms with E-state index in [4.69, 9.17) is 13.8 Å². The smallest absolute Gasteiger partial charge is 0.226 e. The molecule has 0 bridgehead atoms. The van der Waals surface area contributed by atoms with Crippen LogP contribution in [0.3, 0.4) is 0 Å². The van der Waals surface area contributed by atoms with Gasteiger partial charge in [-0.15, -0.1) is 29.1 Å².